The average Bonchev–Trinajstić information content (AvgIpc) is 2.95. The van der Waals surface area contributed by atoms with Gasteiger partial charge in [0.1, 0.15) is 11.5 Å². The SMILES string of the molecule is COc1ccc(OCC(=O)N=Nc2c(O)n(CC(C)C)c3ccc(C)cc23)cc1. The van der Waals surface area contributed by atoms with E-state index in [1.807, 2.05) is 25.1 Å². The summed E-state index contributed by atoms with van der Waals surface area (Å²) >= 11 is 0. The minimum Gasteiger partial charge on any atom is -0.497 e. The second-order valence-electron chi connectivity index (χ2n) is 7.26. The van der Waals surface area contributed by atoms with Crippen molar-refractivity contribution in [1.82, 2.24) is 4.57 Å². The summed E-state index contributed by atoms with van der Waals surface area (Å²) in [4.78, 5) is 12.1. The molecule has 1 amide bonds. The van der Waals surface area contributed by atoms with Crippen molar-refractivity contribution in [3.8, 4) is 17.4 Å². The molecular formula is C22H25N3O4. The van der Waals surface area contributed by atoms with Crippen LogP contribution in [-0.4, -0.2) is 29.3 Å². The smallest absolute Gasteiger partial charge is 0.302 e. The van der Waals surface area contributed by atoms with Crippen molar-refractivity contribution in [3.63, 3.8) is 0 Å². The Hall–Kier alpha value is -3.35. The van der Waals surface area contributed by atoms with Gasteiger partial charge in [-0.15, -0.1) is 10.2 Å². The molecule has 7 nitrogen and oxygen atoms in total. The van der Waals surface area contributed by atoms with E-state index in [2.05, 4.69) is 24.1 Å². The van der Waals surface area contributed by atoms with Crippen LogP contribution in [0, 0.1) is 12.8 Å². The Morgan fingerprint density at radius 2 is 1.83 bits per heavy atom. The number of amides is 1. The topological polar surface area (TPSA) is 85.4 Å². The van der Waals surface area contributed by atoms with Gasteiger partial charge < -0.3 is 19.1 Å². The first-order chi connectivity index (χ1) is 13.9. The van der Waals surface area contributed by atoms with Crippen molar-refractivity contribution in [2.75, 3.05) is 13.7 Å². The van der Waals surface area contributed by atoms with Gasteiger partial charge in [-0.25, -0.2) is 0 Å². The third kappa shape index (κ3) is 4.74. The summed E-state index contributed by atoms with van der Waals surface area (Å²) in [5.74, 6) is 1.03. The van der Waals surface area contributed by atoms with Crippen LogP contribution in [0.3, 0.4) is 0 Å². The van der Waals surface area contributed by atoms with Crippen molar-refractivity contribution in [3.05, 3.63) is 48.0 Å². The number of hydrogen-bond acceptors (Lipinski definition) is 5. The van der Waals surface area contributed by atoms with Gasteiger partial charge in [0, 0.05) is 11.9 Å². The van der Waals surface area contributed by atoms with Gasteiger partial charge in [-0.3, -0.25) is 4.79 Å². The Morgan fingerprint density at radius 1 is 1.14 bits per heavy atom. The molecule has 0 spiro atoms. The van der Waals surface area contributed by atoms with Crippen molar-refractivity contribution < 1.29 is 19.4 Å². The molecule has 3 aromatic rings. The lowest BCUT2D eigenvalue weighted by atomic mass is 10.1. The monoisotopic (exact) mass is 395 g/mol. The second kappa shape index (κ2) is 8.77. The summed E-state index contributed by atoms with van der Waals surface area (Å²) in [5, 5.41) is 19.2. The number of aromatic hydroxyl groups is 1. The number of aromatic nitrogens is 1. The second-order valence-corrected chi connectivity index (χ2v) is 7.26. The van der Waals surface area contributed by atoms with E-state index in [1.54, 1.807) is 35.9 Å². The predicted molar refractivity (Wildman–Crippen MR) is 111 cm³/mol. The number of rotatable bonds is 7. The zero-order valence-corrected chi connectivity index (χ0v) is 17.0. The van der Waals surface area contributed by atoms with E-state index < -0.39 is 5.91 Å². The van der Waals surface area contributed by atoms with Crippen molar-refractivity contribution in [2.45, 2.75) is 27.3 Å². The Kier molecular flexibility index (Phi) is 6.16. The molecule has 0 saturated heterocycles. The summed E-state index contributed by atoms with van der Waals surface area (Å²) in [7, 11) is 1.58. The molecule has 1 heterocycles. The van der Waals surface area contributed by atoms with Crippen LogP contribution in [0.25, 0.3) is 10.9 Å². The fourth-order valence-electron chi connectivity index (χ4n) is 3.04. The Labute approximate surface area is 169 Å². The Bertz CT molecular complexity index is 1040. The molecule has 0 saturated carbocycles. The number of carbonyl (C=O) groups excluding carboxylic acids is 1. The van der Waals surface area contributed by atoms with Crippen LogP contribution in [0.2, 0.25) is 0 Å². The molecule has 29 heavy (non-hydrogen) atoms. The van der Waals surface area contributed by atoms with Crippen molar-refractivity contribution in [2.24, 2.45) is 16.1 Å². The first kappa shape index (κ1) is 20.4. The van der Waals surface area contributed by atoms with Gasteiger partial charge in [0.25, 0.3) is 0 Å². The lowest BCUT2D eigenvalue weighted by Crippen LogP contribution is -2.07. The summed E-state index contributed by atoms with van der Waals surface area (Å²) in [6, 6.07) is 12.7. The van der Waals surface area contributed by atoms with E-state index in [9.17, 15) is 9.90 Å². The zero-order valence-electron chi connectivity index (χ0n) is 17.0. The summed E-state index contributed by atoms with van der Waals surface area (Å²) in [5.41, 5.74) is 2.18. The molecule has 3 rings (SSSR count). The van der Waals surface area contributed by atoms with Crippen LogP contribution < -0.4 is 9.47 Å². The lowest BCUT2D eigenvalue weighted by molar-refractivity contribution is -0.120. The molecule has 0 aliphatic rings. The molecule has 1 aromatic heterocycles. The number of benzene rings is 2. The molecule has 0 atom stereocenters. The highest BCUT2D eigenvalue weighted by atomic mass is 16.5. The fraction of sp³-hybridized carbons (Fsp3) is 0.318. The lowest BCUT2D eigenvalue weighted by Gasteiger charge is -2.09. The van der Waals surface area contributed by atoms with E-state index in [0.717, 1.165) is 16.5 Å². The maximum atomic E-state index is 12.1. The standard InChI is InChI=1S/C22H25N3O4/c1-14(2)12-25-19-10-5-15(3)11-18(19)21(22(25)27)24-23-20(26)13-29-17-8-6-16(28-4)7-9-17/h5-11,14,27H,12-13H2,1-4H3. The molecule has 0 aliphatic heterocycles. The van der Waals surface area contributed by atoms with E-state index in [4.69, 9.17) is 9.47 Å². The number of ether oxygens (including phenoxy) is 2. The number of nitrogens with zero attached hydrogens (tertiary/aromatic N) is 3. The summed E-state index contributed by atoms with van der Waals surface area (Å²) < 4.78 is 12.3. The van der Waals surface area contributed by atoms with Crippen LogP contribution in [0.4, 0.5) is 5.69 Å². The van der Waals surface area contributed by atoms with E-state index in [-0.39, 0.29) is 12.5 Å². The van der Waals surface area contributed by atoms with Crippen LogP contribution in [0.5, 0.6) is 17.4 Å². The quantitative estimate of drug-likeness (QED) is 0.570. The minimum atomic E-state index is -0.544. The summed E-state index contributed by atoms with van der Waals surface area (Å²) in [6.45, 7) is 6.49. The van der Waals surface area contributed by atoms with Crippen LogP contribution in [0.1, 0.15) is 19.4 Å². The Balaban J connectivity index is 1.79. The number of methoxy groups -OCH3 is 1. The minimum absolute atomic E-state index is 0.00641. The van der Waals surface area contributed by atoms with E-state index >= 15 is 0 Å². The molecule has 152 valence electrons. The molecule has 7 heteroatoms. The largest absolute Gasteiger partial charge is 0.497 e. The molecule has 0 unspecified atom stereocenters. The number of aryl methyl sites for hydroxylation is 1. The van der Waals surface area contributed by atoms with Gasteiger partial charge in [-0.05, 0) is 49.2 Å². The first-order valence-electron chi connectivity index (χ1n) is 9.42. The predicted octanol–water partition coefficient (Wildman–Crippen LogP) is 5.01. The maximum Gasteiger partial charge on any atom is 0.302 e. The van der Waals surface area contributed by atoms with Gasteiger partial charge in [0.05, 0.1) is 12.6 Å². The van der Waals surface area contributed by atoms with E-state index in [1.165, 1.54) is 0 Å². The molecular weight excluding hydrogens is 370 g/mol. The van der Waals surface area contributed by atoms with Crippen molar-refractivity contribution in [1.29, 1.82) is 0 Å². The highest BCUT2D eigenvalue weighted by Crippen LogP contribution is 2.39. The number of carbonyl (C=O) groups is 1. The normalized spacial score (nSPS) is 11.5. The van der Waals surface area contributed by atoms with Crippen LogP contribution >= 0.6 is 0 Å². The van der Waals surface area contributed by atoms with Gasteiger partial charge >= 0.3 is 5.91 Å². The Morgan fingerprint density at radius 3 is 2.48 bits per heavy atom. The molecule has 0 fully saturated rings. The fourth-order valence-corrected chi connectivity index (χ4v) is 3.04. The van der Waals surface area contributed by atoms with Crippen molar-refractivity contribution >= 4 is 22.5 Å². The van der Waals surface area contributed by atoms with Crippen LogP contribution in [-0.2, 0) is 11.3 Å². The first-order valence-corrected chi connectivity index (χ1v) is 9.42. The average molecular weight is 395 g/mol. The molecule has 0 aliphatic carbocycles. The maximum absolute atomic E-state index is 12.1. The number of hydrogen-bond donors (Lipinski definition) is 1. The molecule has 0 radical (unpaired) electrons. The molecule has 1 N–H and O–H groups in total. The zero-order chi connectivity index (χ0) is 21.0. The third-order valence-electron chi connectivity index (χ3n) is 4.40. The number of fused-ring (bicyclic) bond motifs is 1. The van der Waals surface area contributed by atoms with E-state index in [0.29, 0.717) is 29.6 Å². The highest BCUT2D eigenvalue weighted by Gasteiger charge is 2.18. The van der Waals surface area contributed by atoms with Gasteiger partial charge in [-0.1, -0.05) is 25.5 Å². The molecule has 2 aromatic carbocycles. The van der Waals surface area contributed by atoms with Gasteiger partial charge in [0.15, 0.2) is 12.3 Å². The highest BCUT2D eigenvalue weighted by molar-refractivity contribution is 5.95. The van der Waals surface area contributed by atoms with Crippen LogP contribution in [0.15, 0.2) is 52.7 Å². The third-order valence-corrected chi connectivity index (χ3v) is 4.40. The van der Waals surface area contributed by atoms with Gasteiger partial charge in [-0.2, -0.15) is 0 Å². The summed E-state index contributed by atoms with van der Waals surface area (Å²) in [6.07, 6.45) is 0. The number of azo groups is 1. The molecule has 0 bridgehead atoms. The van der Waals surface area contributed by atoms with Gasteiger partial charge in [0.2, 0.25) is 5.88 Å².